The number of ether oxygens (including phenoxy) is 4. The van der Waals surface area contributed by atoms with Crippen LogP contribution in [-0.2, 0) is 18.9 Å². The summed E-state index contributed by atoms with van der Waals surface area (Å²) in [4.78, 5) is 0. The van der Waals surface area contributed by atoms with Crippen molar-refractivity contribution < 1.29 is 18.9 Å². The lowest BCUT2D eigenvalue weighted by Gasteiger charge is -2.17. The van der Waals surface area contributed by atoms with Crippen molar-refractivity contribution in [1.82, 2.24) is 0 Å². The second kappa shape index (κ2) is 15.7. The quantitative estimate of drug-likeness (QED) is 0.479. The summed E-state index contributed by atoms with van der Waals surface area (Å²) in [7, 11) is 6.62. The molecule has 0 aromatic rings. The molecule has 0 saturated carbocycles. The first kappa shape index (κ1) is 25.6. The zero-order valence-electron chi connectivity index (χ0n) is 18.8. The van der Waals surface area contributed by atoms with Crippen LogP contribution in [0.25, 0.3) is 0 Å². The molecule has 4 heteroatoms. The molecule has 0 aliphatic heterocycles. The zero-order valence-corrected chi connectivity index (χ0v) is 18.8. The van der Waals surface area contributed by atoms with Crippen LogP contribution in [0.5, 0.6) is 0 Å². The summed E-state index contributed by atoms with van der Waals surface area (Å²) in [6, 6.07) is 0. The van der Waals surface area contributed by atoms with Crippen LogP contribution in [-0.4, -0.2) is 28.4 Å². The van der Waals surface area contributed by atoms with E-state index in [0.717, 1.165) is 42.8 Å². The molecule has 0 atom stereocenters. The van der Waals surface area contributed by atoms with Gasteiger partial charge >= 0.3 is 0 Å². The normalized spacial score (nSPS) is 23.5. The van der Waals surface area contributed by atoms with Crippen molar-refractivity contribution in [2.45, 2.75) is 52.9 Å². The van der Waals surface area contributed by atoms with Crippen LogP contribution in [0.4, 0.5) is 0 Å². The highest BCUT2D eigenvalue weighted by molar-refractivity contribution is 5.40. The zero-order chi connectivity index (χ0) is 21.4. The molecule has 0 spiro atoms. The average Bonchev–Trinajstić information content (AvgIpc) is 2.76. The maximum atomic E-state index is 5.68. The van der Waals surface area contributed by atoms with Gasteiger partial charge in [0.25, 0.3) is 0 Å². The Kier molecular flexibility index (Phi) is 14.4. The molecule has 0 amide bonds. The number of rotatable bonds is 6. The van der Waals surface area contributed by atoms with Gasteiger partial charge in [0.1, 0.15) is 5.76 Å². The molecule has 0 aromatic carbocycles. The van der Waals surface area contributed by atoms with E-state index in [1.807, 2.05) is 32.9 Å². The second-order valence-corrected chi connectivity index (χ2v) is 5.96. The fourth-order valence-corrected chi connectivity index (χ4v) is 2.79. The highest BCUT2D eigenvalue weighted by Gasteiger charge is 2.18. The summed E-state index contributed by atoms with van der Waals surface area (Å²) < 4.78 is 22.1. The minimum absolute atomic E-state index is 0.591. The molecule has 158 valence electrons. The van der Waals surface area contributed by atoms with Gasteiger partial charge in [0, 0.05) is 6.42 Å². The molecule has 0 radical (unpaired) electrons. The first-order valence-corrected chi connectivity index (χ1v) is 9.90. The van der Waals surface area contributed by atoms with Crippen molar-refractivity contribution in [3.63, 3.8) is 0 Å². The molecule has 1 aliphatic rings. The van der Waals surface area contributed by atoms with Gasteiger partial charge in [0.05, 0.1) is 34.2 Å². The van der Waals surface area contributed by atoms with Crippen molar-refractivity contribution in [3.05, 3.63) is 71.1 Å². The number of allylic oxidation sites excluding steroid dienone is 8. The van der Waals surface area contributed by atoms with E-state index in [1.54, 1.807) is 28.4 Å². The van der Waals surface area contributed by atoms with Crippen molar-refractivity contribution in [1.29, 1.82) is 0 Å². The maximum absolute atomic E-state index is 5.68. The first-order chi connectivity index (χ1) is 13.6. The Balaban J connectivity index is 0.00000352. The average molecular weight is 391 g/mol. The minimum Gasteiger partial charge on any atom is -0.501 e. The first-order valence-electron chi connectivity index (χ1n) is 9.90. The third kappa shape index (κ3) is 8.55. The molecule has 0 fully saturated rings. The highest BCUT2D eigenvalue weighted by Crippen LogP contribution is 2.30. The predicted molar refractivity (Wildman–Crippen MR) is 118 cm³/mol. The summed E-state index contributed by atoms with van der Waals surface area (Å²) >= 11 is 0. The lowest BCUT2D eigenvalue weighted by Crippen LogP contribution is -2.04. The second-order valence-electron chi connectivity index (χ2n) is 5.96. The maximum Gasteiger partial charge on any atom is 0.198 e. The lowest BCUT2D eigenvalue weighted by atomic mass is 9.95. The van der Waals surface area contributed by atoms with Crippen molar-refractivity contribution in [2.75, 3.05) is 28.4 Å². The van der Waals surface area contributed by atoms with Gasteiger partial charge in [-0.25, -0.2) is 0 Å². The fourth-order valence-electron chi connectivity index (χ4n) is 2.79. The van der Waals surface area contributed by atoms with Crippen LogP contribution >= 0.6 is 0 Å². The largest absolute Gasteiger partial charge is 0.501 e. The summed E-state index contributed by atoms with van der Waals surface area (Å²) in [5.74, 6) is 2.92. The van der Waals surface area contributed by atoms with Crippen molar-refractivity contribution >= 4 is 0 Å². The molecule has 0 unspecified atom stereocenters. The molecule has 1 aliphatic carbocycles. The Labute approximate surface area is 171 Å². The van der Waals surface area contributed by atoms with Gasteiger partial charge < -0.3 is 18.9 Å². The van der Waals surface area contributed by atoms with E-state index in [2.05, 4.69) is 24.8 Å². The Morgan fingerprint density at radius 3 is 2.21 bits per heavy atom. The molecular formula is C24H38O4. The van der Waals surface area contributed by atoms with Gasteiger partial charge in [0.2, 0.25) is 0 Å². The third-order valence-electron chi connectivity index (χ3n) is 4.30. The minimum atomic E-state index is 0.591. The number of hydrogen-bond acceptors (Lipinski definition) is 4. The predicted octanol–water partition coefficient (Wildman–Crippen LogP) is 6.60. The van der Waals surface area contributed by atoms with Gasteiger partial charge in [-0.15, -0.1) is 0 Å². The van der Waals surface area contributed by atoms with Crippen LogP contribution < -0.4 is 0 Å². The van der Waals surface area contributed by atoms with Gasteiger partial charge in [0.15, 0.2) is 11.5 Å². The Morgan fingerprint density at radius 2 is 1.68 bits per heavy atom. The number of methoxy groups -OCH3 is 4. The van der Waals surface area contributed by atoms with Crippen LogP contribution in [0.1, 0.15) is 52.9 Å². The Hall–Kier alpha value is -2.36. The fraction of sp³-hybridized carbons (Fsp3) is 0.500. The molecule has 0 aromatic heterocycles. The highest BCUT2D eigenvalue weighted by atomic mass is 16.5. The Bertz CT molecular complexity index is 619. The monoisotopic (exact) mass is 390 g/mol. The lowest BCUT2D eigenvalue weighted by molar-refractivity contribution is 0.182. The van der Waals surface area contributed by atoms with Crippen molar-refractivity contribution in [2.24, 2.45) is 0 Å². The van der Waals surface area contributed by atoms with E-state index in [0.29, 0.717) is 17.9 Å². The molecule has 1 rings (SSSR count). The van der Waals surface area contributed by atoms with E-state index >= 15 is 0 Å². The van der Waals surface area contributed by atoms with Crippen molar-refractivity contribution in [3.8, 4) is 0 Å². The van der Waals surface area contributed by atoms with Gasteiger partial charge in [-0.1, -0.05) is 38.7 Å². The van der Waals surface area contributed by atoms with E-state index in [1.165, 1.54) is 5.57 Å². The van der Waals surface area contributed by atoms with Gasteiger partial charge in [-0.3, -0.25) is 0 Å². The Morgan fingerprint density at radius 1 is 0.964 bits per heavy atom. The summed E-state index contributed by atoms with van der Waals surface area (Å²) in [6.07, 6.45) is 14.7. The molecule has 0 bridgehead atoms. The SMILES string of the molecule is C=C/C=C1/CCCC/C=C(OC)\C(OC)=C(\OC)C/C1=C/C=C(\C)OC.CC. The van der Waals surface area contributed by atoms with Crippen LogP contribution in [0.2, 0.25) is 0 Å². The van der Waals surface area contributed by atoms with Crippen LogP contribution in [0, 0.1) is 0 Å². The third-order valence-corrected chi connectivity index (χ3v) is 4.30. The molecule has 0 N–H and O–H groups in total. The van der Waals surface area contributed by atoms with E-state index in [-0.39, 0.29) is 0 Å². The summed E-state index contributed by atoms with van der Waals surface area (Å²) in [5.41, 5.74) is 2.39. The van der Waals surface area contributed by atoms with Gasteiger partial charge in [-0.2, -0.15) is 0 Å². The molecule has 28 heavy (non-hydrogen) atoms. The standard InChI is InChI=1S/C22H32O4.C2H6/c1-7-11-18-12-9-8-10-13-20(24-4)22(26-6)21(25-5)16-19(18)15-14-17(2)23-3;1-2/h7,11,13-15H,1,8-10,12,16H2,2-6H3;1-2H3/b17-14+,18-11-,19-15-,20-13+,22-21-;. The molecule has 4 nitrogen and oxygen atoms in total. The topological polar surface area (TPSA) is 36.9 Å². The van der Waals surface area contributed by atoms with Gasteiger partial charge in [-0.05, 0) is 55.9 Å². The summed E-state index contributed by atoms with van der Waals surface area (Å²) in [5, 5.41) is 0. The molecular weight excluding hydrogens is 352 g/mol. The molecule has 0 saturated heterocycles. The van der Waals surface area contributed by atoms with Crippen LogP contribution in [0.3, 0.4) is 0 Å². The molecule has 0 heterocycles. The number of hydrogen-bond donors (Lipinski definition) is 0. The smallest absolute Gasteiger partial charge is 0.198 e. The summed E-state index contributed by atoms with van der Waals surface area (Å²) in [6.45, 7) is 9.80. The van der Waals surface area contributed by atoms with E-state index in [4.69, 9.17) is 18.9 Å². The van der Waals surface area contributed by atoms with E-state index < -0.39 is 0 Å². The van der Waals surface area contributed by atoms with Crippen LogP contribution in [0.15, 0.2) is 71.1 Å². The van der Waals surface area contributed by atoms with E-state index in [9.17, 15) is 0 Å².